The summed E-state index contributed by atoms with van der Waals surface area (Å²) in [6.07, 6.45) is 28.0. The van der Waals surface area contributed by atoms with Gasteiger partial charge in [0.15, 0.2) is 6.10 Å². The van der Waals surface area contributed by atoms with Crippen molar-refractivity contribution in [3.63, 3.8) is 0 Å². The molecule has 0 amide bonds. The van der Waals surface area contributed by atoms with Gasteiger partial charge in [0, 0.05) is 12.5 Å². The van der Waals surface area contributed by atoms with Crippen molar-refractivity contribution >= 4 is 19.8 Å². The van der Waals surface area contributed by atoms with Crippen molar-refractivity contribution in [3.8, 4) is 0 Å². The molecular weight excluding hydrogens is 611 g/mol. The first-order chi connectivity index (χ1) is 22.2. The van der Waals surface area contributed by atoms with Gasteiger partial charge in [-0.15, -0.1) is 0 Å². The van der Waals surface area contributed by atoms with E-state index in [1.54, 1.807) is 12.2 Å². The largest absolute Gasteiger partial charge is 0.472 e. The van der Waals surface area contributed by atoms with E-state index in [1.807, 2.05) is 6.08 Å². The highest BCUT2D eigenvalue weighted by Gasteiger charge is 2.27. The van der Waals surface area contributed by atoms with Gasteiger partial charge in [0.25, 0.3) is 0 Å². The predicted octanol–water partition coefficient (Wildman–Crippen LogP) is 8.27. The van der Waals surface area contributed by atoms with Crippen molar-refractivity contribution in [2.75, 3.05) is 26.4 Å². The first-order valence-corrected chi connectivity index (χ1v) is 19.3. The molecule has 46 heavy (non-hydrogen) atoms. The van der Waals surface area contributed by atoms with Crippen LogP contribution in [0.25, 0.3) is 0 Å². The minimum atomic E-state index is -4.62. The number of aliphatic hydroxyl groups is 2. The molecule has 0 radical (unpaired) electrons. The summed E-state index contributed by atoms with van der Waals surface area (Å²) in [5, 5.41) is 18.2. The van der Waals surface area contributed by atoms with Gasteiger partial charge in [-0.2, -0.15) is 0 Å². The molecular formula is C35H65O10P. The highest BCUT2D eigenvalue weighted by atomic mass is 31.2. The Morgan fingerprint density at radius 2 is 1.20 bits per heavy atom. The average molecular weight is 677 g/mol. The zero-order chi connectivity index (χ0) is 34.1. The zero-order valence-electron chi connectivity index (χ0n) is 28.8. The minimum absolute atomic E-state index is 0.166. The van der Waals surface area contributed by atoms with Crippen LogP contribution in [0.1, 0.15) is 149 Å². The Morgan fingerprint density at radius 3 is 1.74 bits per heavy atom. The molecule has 1 unspecified atom stereocenters. The third-order valence-electron chi connectivity index (χ3n) is 7.46. The number of unbranched alkanes of at least 4 members (excludes halogenated alkanes) is 18. The van der Waals surface area contributed by atoms with Crippen LogP contribution >= 0.6 is 7.82 Å². The van der Waals surface area contributed by atoms with Crippen LogP contribution < -0.4 is 0 Å². The number of rotatable bonds is 33. The smallest absolute Gasteiger partial charge is 0.458 e. The SMILES string of the molecule is CCCCCCCCCCCCC/C=C/C=C/C(=O)OC[C@@H](COP(=O)(O)OC[C@H](O)CO)OC(=O)CCCCCCCCCC. The second kappa shape index (κ2) is 32.0. The highest BCUT2D eigenvalue weighted by molar-refractivity contribution is 7.47. The van der Waals surface area contributed by atoms with E-state index in [9.17, 15) is 24.2 Å². The molecule has 0 aromatic heterocycles. The molecule has 0 aliphatic heterocycles. The Labute approximate surface area is 278 Å². The lowest BCUT2D eigenvalue weighted by Crippen LogP contribution is -2.29. The number of carbonyl (C=O) groups excluding carboxylic acids is 2. The van der Waals surface area contributed by atoms with Gasteiger partial charge in [0.05, 0.1) is 19.8 Å². The quantitative estimate of drug-likeness (QED) is 0.0204. The minimum Gasteiger partial charge on any atom is -0.458 e. The predicted molar refractivity (Wildman–Crippen MR) is 182 cm³/mol. The van der Waals surface area contributed by atoms with Crippen LogP contribution in [0.4, 0.5) is 0 Å². The van der Waals surface area contributed by atoms with Crippen LogP contribution in [0.15, 0.2) is 24.3 Å². The van der Waals surface area contributed by atoms with Gasteiger partial charge in [-0.3, -0.25) is 13.8 Å². The van der Waals surface area contributed by atoms with Gasteiger partial charge < -0.3 is 24.6 Å². The van der Waals surface area contributed by atoms with Gasteiger partial charge in [-0.05, 0) is 19.3 Å². The lowest BCUT2D eigenvalue weighted by atomic mass is 10.1. The van der Waals surface area contributed by atoms with E-state index in [4.69, 9.17) is 19.1 Å². The molecule has 0 bridgehead atoms. The fourth-order valence-corrected chi connectivity index (χ4v) is 5.46. The van der Waals surface area contributed by atoms with Crippen LogP contribution in [-0.2, 0) is 32.7 Å². The molecule has 0 aromatic carbocycles. The Kier molecular flexibility index (Phi) is 30.9. The van der Waals surface area contributed by atoms with E-state index in [1.165, 1.54) is 96.0 Å². The summed E-state index contributed by atoms with van der Waals surface area (Å²) in [5.74, 6) is -1.18. The van der Waals surface area contributed by atoms with Crippen molar-refractivity contribution in [2.24, 2.45) is 0 Å². The summed E-state index contributed by atoms with van der Waals surface area (Å²) < 4.78 is 32.2. The number of carbonyl (C=O) groups is 2. The van der Waals surface area contributed by atoms with Crippen LogP contribution in [0.2, 0.25) is 0 Å². The Bertz CT molecular complexity index is 832. The van der Waals surface area contributed by atoms with Gasteiger partial charge in [0.1, 0.15) is 12.7 Å². The van der Waals surface area contributed by atoms with E-state index in [0.29, 0.717) is 6.42 Å². The zero-order valence-corrected chi connectivity index (χ0v) is 29.7. The molecule has 3 atom stereocenters. The average Bonchev–Trinajstić information content (AvgIpc) is 3.04. The summed E-state index contributed by atoms with van der Waals surface area (Å²) in [6, 6.07) is 0. The summed E-state index contributed by atoms with van der Waals surface area (Å²) >= 11 is 0. The van der Waals surface area contributed by atoms with E-state index >= 15 is 0 Å². The Hall–Kier alpha value is -1.55. The Balaban J connectivity index is 4.46. The molecule has 0 saturated heterocycles. The van der Waals surface area contributed by atoms with Crippen molar-refractivity contribution in [1.29, 1.82) is 0 Å². The number of ether oxygens (including phenoxy) is 2. The summed E-state index contributed by atoms with van der Waals surface area (Å²) in [4.78, 5) is 34.5. The van der Waals surface area contributed by atoms with E-state index in [0.717, 1.165) is 32.1 Å². The number of aliphatic hydroxyl groups excluding tert-OH is 2. The molecule has 270 valence electrons. The molecule has 0 aromatic rings. The van der Waals surface area contributed by atoms with Crippen LogP contribution in [0.5, 0.6) is 0 Å². The second-order valence-corrected chi connectivity index (χ2v) is 13.4. The maximum absolute atomic E-state index is 12.4. The molecule has 0 aliphatic carbocycles. The maximum atomic E-state index is 12.4. The monoisotopic (exact) mass is 676 g/mol. The first-order valence-electron chi connectivity index (χ1n) is 17.8. The fraction of sp³-hybridized carbons (Fsp3) is 0.829. The summed E-state index contributed by atoms with van der Waals surface area (Å²) in [5.41, 5.74) is 0. The normalized spacial score (nSPS) is 14.5. The first kappa shape index (κ1) is 44.5. The Morgan fingerprint density at radius 1 is 0.696 bits per heavy atom. The van der Waals surface area contributed by atoms with E-state index in [2.05, 4.69) is 18.4 Å². The number of phosphoric ester groups is 1. The van der Waals surface area contributed by atoms with E-state index < -0.39 is 51.8 Å². The summed E-state index contributed by atoms with van der Waals surface area (Å²) in [7, 11) is -4.62. The summed E-state index contributed by atoms with van der Waals surface area (Å²) in [6.45, 7) is 2.19. The van der Waals surface area contributed by atoms with Gasteiger partial charge >= 0.3 is 19.8 Å². The molecule has 0 rings (SSSR count). The van der Waals surface area contributed by atoms with E-state index in [-0.39, 0.29) is 13.0 Å². The fourth-order valence-electron chi connectivity index (χ4n) is 4.67. The highest BCUT2D eigenvalue weighted by Crippen LogP contribution is 2.43. The number of hydrogen-bond donors (Lipinski definition) is 3. The van der Waals surface area contributed by atoms with Crippen LogP contribution in [0.3, 0.4) is 0 Å². The molecule has 0 heterocycles. The van der Waals surface area contributed by atoms with Gasteiger partial charge in [0.2, 0.25) is 0 Å². The van der Waals surface area contributed by atoms with Gasteiger partial charge in [-0.25, -0.2) is 9.36 Å². The second-order valence-electron chi connectivity index (χ2n) is 12.0. The van der Waals surface area contributed by atoms with Crippen molar-refractivity contribution < 1.29 is 47.8 Å². The molecule has 11 heteroatoms. The van der Waals surface area contributed by atoms with Crippen molar-refractivity contribution in [3.05, 3.63) is 24.3 Å². The third kappa shape index (κ3) is 31.1. The van der Waals surface area contributed by atoms with Crippen LogP contribution in [0, 0.1) is 0 Å². The molecule has 0 spiro atoms. The maximum Gasteiger partial charge on any atom is 0.472 e. The van der Waals surface area contributed by atoms with Crippen molar-refractivity contribution in [1.82, 2.24) is 0 Å². The standard InChI is InChI=1S/C35H65O10P/c1-3-5-7-9-11-13-14-15-16-17-18-19-21-22-24-26-34(38)42-30-33(31-44-46(40,41)43-29-32(37)28-36)45-35(39)27-25-23-20-12-10-8-6-4-2/h21-22,24,26,32-33,36-37H,3-20,23,25,27-31H2,1-2H3,(H,40,41)/b22-21+,26-24+/t32-,33+/m1/s1. The van der Waals surface area contributed by atoms with Crippen LogP contribution in [-0.4, -0.2) is 65.7 Å². The van der Waals surface area contributed by atoms with Crippen molar-refractivity contribution in [2.45, 2.75) is 161 Å². The number of allylic oxidation sites excluding steroid dienone is 3. The molecule has 3 N–H and O–H groups in total. The lowest BCUT2D eigenvalue weighted by molar-refractivity contribution is -0.159. The third-order valence-corrected chi connectivity index (χ3v) is 8.41. The number of phosphoric acid groups is 1. The molecule has 10 nitrogen and oxygen atoms in total. The van der Waals surface area contributed by atoms with Gasteiger partial charge in [-0.1, -0.05) is 141 Å². The molecule has 0 aliphatic rings. The molecule has 0 fully saturated rings. The molecule has 0 saturated carbocycles. The number of esters is 2. The topological polar surface area (TPSA) is 149 Å². The number of hydrogen-bond acceptors (Lipinski definition) is 9. The lowest BCUT2D eigenvalue weighted by Gasteiger charge is -2.20.